The lowest BCUT2D eigenvalue weighted by molar-refractivity contribution is 0.0726. The van der Waals surface area contributed by atoms with Crippen molar-refractivity contribution in [2.75, 3.05) is 25.5 Å². The molecule has 0 spiro atoms. The first-order valence-electron chi connectivity index (χ1n) is 7.16. The third kappa shape index (κ3) is 2.22. The number of anilines is 1. The fraction of sp³-hybridized carbons (Fsp3) is 0.375. The molecule has 1 N–H and O–H groups in total. The van der Waals surface area contributed by atoms with E-state index in [9.17, 15) is 4.79 Å². The van der Waals surface area contributed by atoms with Gasteiger partial charge in [-0.05, 0) is 24.6 Å². The van der Waals surface area contributed by atoms with E-state index in [1.54, 1.807) is 6.20 Å². The highest BCUT2D eigenvalue weighted by Crippen LogP contribution is 2.25. The van der Waals surface area contributed by atoms with Crippen LogP contribution in [-0.2, 0) is 0 Å². The van der Waals surface area contributed by atoms with Crippen molar-refractivity contribution < 1.29 is 4.79 Å². The van der Waals surface area contributed by atoms with Crippen molar-refractivity contribution >= 4 is 22.5 Å². The van der Waals surface area contributed by atoms with Crippen LogP contribution in [-0.4, -0.2) is 35.9 Å². The molecule has 20 heavy (non-hydrogen) atoms. The number of hydrogen-bond acceptors (Lipinski definition) is 3. The third-order valence-electron chi connectivity index (χ3n) is 3.91. The molecule has 1 aromatic carbocycles. The average Bonchev–Trinajstić information content (AvgIpc) is 2.54. The molecule has 1 fully saturated rings. The fourth-order valence-corrected chi connectivity index (χ4v) is 2.83. The van der Waals surface area contributed by atoms with Gasteiger partial charge in [0.05, 0.1) is 5.56 Å². The van der Waals surface area contributed by atoms with Crippen LogP contribution in [0.5, 0.6) is 0 Å². The van der Waals surface area contributed by atoms with Gasteiger partial charge >= 0.3 is 0 Å². The number of nitrogens with one attached hydrogen (secondary N) is 1. The van der Waals surface area contributed by atoms with E-state index in [2.05, 4.69) is 10.3 Å². The Labute approximate surface area is 118 Å². The first-order valence-corrected chi connectivity index (χ1v) is 7.16. The number of nitrogens with zero attached hydrogens (tertiary/aromatic N) is 2. The monoisotopic (exact) mass is 269 g/mol. The highest BCUT2D eigenvalue weighted by atomic mass is 16.2. The van der Waals surface area contributed by atoms with Crippen LogP contribution in [0, 0.1) is 0 Å². The van der Waals surface area contributed by atoms with Gasteiger partial charge in [0.2, 0.25) is 0 Å². The standard InChI is InChI=1S/C16H19N3O/c1-17-15-13-8-4-3-7-12(13)14(11-18-15)16(20)19-9-5-2-6-10-19/h3-4,7-8,11H,2,5-6,9-10H2,1H3,(H,17,18). The van der Waals surface area contributed by atoms with Gasteiger partial charge in [-0.15, -0.1) is 0 Å². The molecule has 0 aliphatic carbocycles. The van der Waals surface area contributed by atoms with Gasteiger partial charge in [-0.3, -0.25) is 4.79 Å². The smallest absolute Gasteiger partial charge is 0.256 e. The molecule has 1 amide bonds. The first-order chi connectivity index (χ1) is 9.81. The molecule has 1 aromatic heterocycles. The Balaban J connectivity index is 2.05. The summed E-state index contributed by atoms with van der Waals surface area (Å²) in [6.07, 6.45) is 5.13. The number of benzene rings is 1. The van der Waals surface area contributed by atoms with E-state index in [-0.39, 0.29) is 5.91 Å². The largest absolute Gasteiger partial charge is 0.373 e. The minimum atomic E-state index is 0.107. The summed E-state index contributed by atoms with van der Waals surface area (Å²) in [5, 5.41) is 5.05. The zero-order valence-electron chi connectivity index (χ0n) is 11.7. The molecule has 0 atom stereocenters. The quantitative estimate of drug-likeness (QED) is 0.911. The van der Waals surface area contributed by atoms with E-state index < -0.39 is 0 Å². The van der Waals surface area contributed by atoms with Crippen LogP contribution in [0.25, 0.3) is 10.8 Å². The van der Waals surface area contributed by atoms with E-state index in [0.717, 1.165) is 42.5 Å². The maximum atomic E-state index is 12.7. The summed E-state index contributed by atoms with van der Waals surface area (Å²) >= 11 is 0. The number of carbonyl (C=O) groups excluding carboxylic acids is 1. The van der Waals surface area contributed by atoms with Gasteiger partial charge in [0, 0.05) is 31.7 Å². The number of amides is 1. The number of likely N-dealkylation sites (tertiary alicyclic amines) is 1. The van der Waals surface area contributed by atoms with Gasteiger partial charge in [-0.1, -0.05) is 24.3 Å². The Morgan fingerprint density at radius 2 is 1.85 bits per heavy atom. The molecule has 0 unspecified atom stereocenters. The number of carbonyl (C=O) groups is 1. The Morgan fingerprint density at radius 1 is 1.15 bits per heavy atom. The van der Waals surface area contributed by atoms with Crippen molar-refractivity contribution in [1.29, 1.82) is 0 Å². The Bertz CT molecular complexity index is 633. The first kappa shape index (κ1) is 12.9. The highest BCUT2D eigenvalue weighted by Gasteiger charge is 2.20. The Hall–Kier alpha value is -2.10. The molecular formula is C16H19N3O. The number of fused-ring (bicyclic) bond motifs is 1. The molecule has 104 valence electrons. The van der Waals surface area contributed by atoms with E-state index in [1.807, 2.05) is 36.2 Å². The molecule has 2 aromatic rings. The predicted octanol–water partition coefficient (Wildman–Crippen LogP) is 2.90. The summed E-state index contributed by atoms with van der Waals surface area (Å²) in [5.41, 5.74) is 0.710. The van der Waals surface area contributed by atoms with Crippen molar-refractivity contribution in [2.45, 2.75) is 19.3 Å². The minimum absolute atomic E-state index is 0.107. The van der Waals surface area contributed by atoms with Gasteiger partial charge in [0.15, 0.2) is 0 Å². The fourth-order valence-electron chi connectivity index (χ4n) is 2.83. The van der Waals surface area contributed by atoms with Crippen molar-refractivity contribution in [2.24, 2.45) is 0 Å². The molecule has 1 aliphatic rings. The Morgan fingerprint density at radius 3 is 2.55 bits per heavy atom. The molecule has 0 saturated carbocycles. The van der Waals surface area contributed by atoms with E-state index in [0.29, 0.717) is 5.56 Å². The molecule has 0 bridgehead atoms. The maximum Gasteiger partial charge on any atom is 0.256 e. The van der Waals surface area contributed by atoms with E-state index >= 15 is 0 Å². The zero-order chi connectivity index (χ0) is 13.9. The van der Waals surface area contributed by atoms with E-state index in [4.69, 9.17) is 0 Å². The molecule has 3 rings (SSSR count). The Kier molecular flexibility index (Phi) is 3.54. The average molecular weight is 269 g/mol. The lowest BCUT2D eigenvalue weighted by atomic mass is 10.0. The predicted molar refractivity (Wildman–Crippen MR) is 81.0 cm³/mol. The number of pyridine rings is 1. The minimum Gasteiger partial charge on any atom is -0.373 e. The third-order valence-corrected chi connectivity index (χ3v) is 3.91. The van der Waals surface area contributed by atoms with Crippen LogP contribution in [0.2, 0.25) is 0 Å². The molecule has 4 heteroatoms. The molecule has 4 nitrogen and oxygen atoms in total. The topological polar surface area (TPSA) is 45.2 Å². The van der Waals surface area contributed by atoms with Crippen LogP contribution >= 0.6 is 0 Å². The molecule has 2 heterocycles. The van der Waals surface area contributed by atoms with Gasteiger partial charge < -0.3 is 10.2 Å². The number of hydrogen-bond donors (Lipinski definition) is 1. The summed E-state index contributed by atoms with van der Waals surface area (Å²) in [4.78, 5) is 19.0. The van der Waals surface area contributed by atoms with Crippen molar-refractivity contribution in [3.05, 3.63) is 36.0 Å². The van der Waals surface area contributed by atoms with Crippen molar-refractivity contribution in [3.63, 3.8) is 0 Å². The summed E-state index contributed by atoms with van der Waals surface area (Å²) in [5.74, 6) is 0.923. The van der Waals surface area contributed by atoms with Gasteiger partial charge in [0.25, 0.3) is 5.91 Å². The van der Waals surface area contributed by atoms with Gasteiger partial charge in [-0.2, -0.15) is 0 Å². The van der Waals surface area contributed by atoms with Gasteiger partial charge in [-0.25, -0.2) is 4.98 Å². The number of rotatable bonds is 2. The van der Waals surface area contributed by atoms with Crippen LogP contribution in [0.4, 0.5) is 5.82 Å². The highest BCUT2D eigenvalue weighted by molar-refractivity contribution is 6.09. The van der Waals surface area contributed by atoms with Crippen LogP contribution < -0.4 is 5.32 Å². The summed E-state index contributed by atoms with van der Waals surface area (Å²) < 4.78 is 0. The maximum absolute atomic E-state index is 12.7. The van der Waals surface area contributed by atoms with Crippen molar-refractivity contribution in [3.8, 4) is 0 Å². The lowest BCUT2D eigenvalue weighted by Gasteiger charge is -2.27. The second-order valence-corrected chi connectivity index (χ2v) is 5.17. The second kappa shape index (κ2) is 5.49. The molecule has 0 radical (unpaired) electrons. The van der Waals surface area contributed by atoms with Crippen LogP contribution in [0.3, 0.4) is 0 Å². The normalized spacial score (nSPS) is 15.3. The van der Waals surface area contributed by atoms with Crippen LogP contribution in [0.1, 0.15) is 29.6 Å². The molecule has 1 saturated heterocycles. The number of aromatic nitrogens is 1. The number of piperidine rings is 1. The SMILES string of the molecule is CNc1ncc(C(=O)N2CCCCC2)c2ccccc12. The molecular weight excluding hydrogens is 250 g/mol. The summed E-state index contributed by atoms with van der Waals surface area (Å²) in [6.45, 7) is 1.72. The summed E-state index contributed by atoms with van der Waals surface area (Å²) in [6, 6.07) is 7.94. The second-order valence-electron chi connectivity index (χ2n) is 5.17. The lowest BCUT2D eigenvalue weighted by Crippen LogP contribution is -2.35. The van der Waals surface area contributed by atoms with Crippen LogP contribution in [0.15, 0.2) is 30.5 Å². The van der Waals surface area contributed by atoms with E-state index in [1.165, 1.54) is 6.42 Å². The van der Waals surface area contributed by atoms with Gasteiger partial charge in [0.1, 0.15) is 5.82 Å². The molecule has 1 aliphatic heterocycles. The summed E-state index contributed by atoms with van der Waals surface area (Å²) in [7, 11) is 1.85. The zero-order valence-corrected chi connectivity index (χ0v) is 11.7. The van der Waals surface area contributed by atoms with Crippen molar-refractivity contribution in [1.82, 2.24) is 9.88 Å².